The van der Waals surface area contributed by atoms with Crippen molar-refractivity contribution in [3.05, 3.63) is 155 Å². The Bertz CT molecular complexity index is 1920. The Balaban J connectivity index is 1.57. The van der Waals surface area contributed by atoms with Crippen molar-refractivity contribution in [2.24, 2.45) is 5.73 Å². The quantitative estimate of drug-likeness (QED) is 0.189. The van der Waals surface area contributed by atoms with Crippen LogP contribution in [0.2, 0.25) is 0 Å². The summed E-state index contributed by atoms with van der Waals surface area (Å²) in [4.78, 5) is 0. The van der Waals surface area contributed by atoms with Crippen LogP contribution in [0.1, 0.15) is 27.8 Å². The first-order valence-electron chi connectivity index (χ1n) is 13.0. The van der Waals surface area contributed by atoms with Gasteiger partial charge in [-0.1, -0.05) is 127 Å². The van der Waals surface area contributed by atoms with Crippen molar-refractivity contribution in [1.29, 1.82) is 5.41 Å². The van der Waals surface area contributed by atoms with E-state index in [4.69, 9.17) is 11.1 Å². The van der Waals surface area contributed by atoms with Crippen molar-refractivity contribution in [3.8, 4) is 33.4 Å². The van der Waals surface area contributed by atoms with E-state index in [1.165, 1.54) is 44.5 Å². The fraction of sp³-hybridized carbons (Fsp3) is 0.0278. The van der Waals surface area contributed by atoms with Gasteiger partial charge < -0.3 is 5.73 Å². The van der Waals surface area contributed by atoms with E-state index in [-0.39, 0.29) is 5.84 Å². The maximum Gasteiger partial charge on any atom is 0.123 e. The Kier molecular flexibility index (Phi) is 4.20. The minimum Gasteiger partial charge on any atom is -0.384 e. The average Bonchev–Trinajstić information content (AvgIpc) is 3.44. The molecular weight excluding hydrogens is 460 g/mol. The zero-order valence-electron chi connectivity index (χ0n) is 20.7. The molecule has 178 valence electrons. The summed E-state index contributed by atoms with van der Waals surface area (Å²) < 4.78 is 0. The number of hydrogen-bond acceptors (Lipinski definition) is 1. The second-order valence-corrected chi connectivity index (χ2v) is 10.2. The lowest BCUT2D eigenvalue weighted by atomic mass is 9.70. The minimum atomic E-state index is -0.393. The molecule has 0 heterocycles. The SMILES string of the molecule is N=C(N)c1ccc2ccccc2c1-c1cccc2c1-c1ccccc1C21c2ccccc2-c2ccccc21. The first-order chi connectivity index (χ1) is 18.7. The predicted molar refractivity (Wildman–Crippen MR) is 157 cm³/mol. The Labute approximate surface area is 221 Å². The molecule has 1 spiro atoms. The molecule has 2 aliphatic rings. The number of nitrogens with one attached hydrogen (secondary N) is 1. The van der Waals surface area contributed by atoms with Crippen LogP contribution in [0.3, 0.4) is 0 Å². The van der Waals surface area contributed by atoms with Gasteiger partial charge in [-0.2, -0.15) is 0 Å². The van der Waals surface area contributed by atoms with Crippen LogP contribution < -0.4 is 5.73 Å². The number of fused-ring (bicyclic) bond motifs is 11. The van der Waals surface area contributed by atoms with Crippen LogP contribution in [0.4, 0.5) is 0 Å². The Hall–Kier alpha value is -4.95. The summed E-state index contributed by atoms with van der Waals surface area (Å²) in [5.74, 6) is 0.0842. The van der Waals surface area contributed by atoms with Crippen LogP contribution in [-0.2, 0) is 5.41 Å². The molecule has 2 nitrogen and oxygen atoms in total. The van der Waals surface area contributed by atoms with Crippen molar-refractivity contribution in [3.63, 3.8) is 0 Å². The van der Waals surface area contributed by atoms with E-state index in [1.807, 2.05) is 6.07 Å². The number of rotatable bonds is 2. The summed E-state index contributed by atoms with van der Waals surface area (Å²) in [7, 11) is 0. The monoisotopic (exact) mass is 484 g/mol. The van der Waals surface area contributed by atoms with E-state index in [0.717, 1.165) is 27.5 Å². The highest BCUT2D eigenvalue weighted by atomic mass is 14.7. The summed E-state index contributed by atoms with van der Waals surface area (Å²) >= 11 is 0. The largest absolute Gasteiger partial charge is 0.384 e. The third-order valence-corrected chi connectivity index (χ3v) is 8.51. The number of hydrogen-bond donors (Lipinski definition) is 2. The van der Waals surface area contributed by atoms with Gasteiger partial charge in [-0.15, -0.1) is 0 Å². The average molecular weight is 485 g/mol. The van der Waals surface area contributed by atoms with E-state index in [0.29, 0.717) is 0 Å². The second kappa shape index (κ2) is 7.53. The van der Waals surface area contributed by atoms with Crippen molar-refractivity contribution in [2.75, 3.05) is 0 Å². The first-order valence-corrected chi connectivity index (χ1v) is 13.0. The van der Waals surface area contributed by atoms with E-state index >= 15 is 0 Å². The smallest absolute Gasteiger partial charge is 0.123 e. The molecule has 6 aromatic carbocycles. The molecule has 6 aromatic rings. The van der Waals surface area contributed by atoms with Crippen molar-refractivity contribution < 1.29 is 0 Å². The molecule has 0 bridgehead atoms. The highest BCUT2D eigenvalue weighted by Gasteiger charge is 2.52. The van der Waals surface area contributed by atoms with Gasteiger partial charge in [0.05, 0.1) is 5.41 Å². The molecule has 0 saturated heterocycles. The van der Waals surface area contributed by atoms with Crippen molar-refractivity contribution >= 4 is 16.6 Å². The summed E-state index contributed by atoms with van der Waals surface area (Å²) in [6, 6.07) is 45.7. The maximum absolute atomic E-state index is 8.47. The number of nitrogen functional groups attached to an aromatic ring is 1. The molecule has 0 aromatic heterocycles. The van der Waals surface area contributed by atoms with Gasteiger partial charge in [0.2, 0.25) is 0 Å². The van der Waals surface area contributed by atoms with Crippen LogP contribution in [0.15, 0.2) is 127 Å². The molecule has 0 fully saturated rings. The van der Waals surface area contributed by atoms with Gasteiger partial charge in [-0.25, -0.2) is 0 Å². The minimum absolute atomic E-state index is 0.0842. The standard InChI is InChI=1S/C36H24N2/c37-35(38)28-21-20-22-10-1-2-11-23(22)33(28)27-15-9-19-32-34(27)26-14-5-8-18-31(26)36(32)29-16-6-3-12-24(29)25-13-4-7-17-30(25)36/h1-21H,(H3,37,38). The molecule has 2 aliphatic carbocycles. The summed E-state index contributed by atoms with van der Waals surface area (Å²) in [5.41, 5.74) is 19.0. The molecule has 3 N–H and O–H groups in total. The van der Waals surface area contributed by atoms with Crippen LogP contribution in [0, 0.1) is 5.41 Å². The van der Waals surface area contributed by atoms with E-state index in [2.05, 4.69) is 121 Å². The molecule has 0 radical (unpaired) electrons. The van der Waals surface area contributed by atoms with Crippen molar-refractivity contribution in [1.82, 2.24) is 0 Å². The lowest BCUT2D eigenvalue weighted by Crippen LogP contribution is -2.25. The van der Waals surface area contributed by atoms with Gasteiger partial charge in [0.1, 0.15) is 5.84 Å². The molecule has 2 heteroatoms. The molecule has 0 aliphatic heterocycles. The topological polar surface area (TPSA) is 49.9 Å². The third-order valence-electron chi connectivity index (χ3n) is 8.51. The first kappa shape index (κ1) is 21.2. The van der Waals surface area contributed by atoms with Gasteiger partial charge in [0.15, 0.2) is 0 Å². The Morgan fingerprint density at radius 1 is 0.474 bits per heavy atom. The highest BCUT2D eigenvalue weighted by Crippen LogP contribution is 2.64. The summed E-state index contributed by atoms with van der Waals surface area (Å²) in [6.45, 7) is 0. The van der Waals surface area contributed by atoms with Gasteiger partial charge >= 0.3 is 0 Å². The zero-order valence-corrected chi connectivity index (χ0v) is 20.7. The number of amidine groups is 1. The predicted octanol–water partition coefficient (Wildman–Crippen LogP) is 8.13. The van der Waals surface area contributed by atoms with Crippen LogP contribution in [0.5, 0.6) is 0 Å². The Morgan fingerprint density at radius 2 is 1.00 bits per heavy atom. The third kappa shape index (κ3) is 2.49. The molecule has 0 saturated carbocycles. The normalized spacial score (nSPS) is 13.7. The number of benzene rings is 6. The van der Waals surface area contributed by atoms with E-state index in [1.54, 1.807) is 0 Å². The number of nitrogens with two attached hydrogens (primary N) is 1. The molecule has 0 unspecified atom stereocenters. The van der Waals surface area contributed by atoms with E-state index in [9.17, 15) is 0 Å². The Morgan fingerprint density at radius 3 is 1.68 bits per heavy atom. The molecule has 0 atom stereocenters. The molecular formula is C36H24N2. The fourth-order valence-corrected chi connectivity index (χ4v) is 7.14. The lowest BCUT2D eigenvalue weighted by Gasteiger charge is -2.30. The summed E-state index contributed by atoms with van der Waals surface area (Å²) in [5, 5.41) is 10.7. The maximum atomic E-state index is 8.47. The summed E-state index contributed by atoms with van der Waals surface area (Å²) in [6.07, 6.45) is 0. The van der Waals surface area contributed by atoms with Crippen molar-refractivity contribution in [2.45, 2.75) is 5.41 Å². The van der Waals surface area contributed by atoms with Gasteiger partial charge in [-0.3, -0.25) is 5.41 Å². The molecule has 0 amide bonds. The second-order valence-electron chi connectivity index (χ2n) is 10.2. The highest BCUT2D eigenvalue weighted by molar-refractivity contribution is 6.13. The van der Waals surface area contributed by atoms with Crippen LogP contribution in [0.25, 0.3) is 44.2 Å². The fourth-order valence-electron chi connectivity index (χ4n) is 7.14. The molecule has 8 rings (SSSR count). The van der Waals surface area contributed by atoms with Gasteiger partial charge in [0, 0.05) is 11.1 Å². The van der Waals surface area contributed by atoms with Gasteiger partial charge in [0.25, 0.3) is 0 Å². The van der Waals surface area contributed by atoms with Gasteiger partial charge in [-0.05, 0) is 60.8 Å². The zero-order chi connectivity index (χ0) is 25.4. The lowest BCUT2D eigenvalue weighted by molar-refractivity contribution is 0.794. The molecule has 38 heavy (non-hydrogen) atoms. The van der Waals surface area contributed by atoms with Crippen LogP contribution in [-0.4, -0.2) is 5.84 Å². The van der Waals surface area contributed by atoms with E-state index < -0.39 is 5.41 Å². The van der Waals surface area contributed by atoms with Crippen LogP contribution >= 0.6 is 0 Å².